The largest absolute Gasteiger partial charge is 0.481 e. The van der Waals surface area contributed by atoms with Gasteiger partial charge in [-0.25, -0.2) is 0 Å². The smallest absolute Gasteiger partial charge is 0.300 e. The van der Waals surface area contributed by atoms with Crippen molar-refractivity contribution in [3.63, 3.8) is 0 Å². The summed E-state index contributed by atoms with van der Waals surface area (Å²) in [6.45, 7) is 3.73. The molecule has 2 N–H and O–H groups in total. The first-order valence-corrected chi connectivity index (χ1v) is 10.2. The minimum absolute atomic E-state index is 0.0146. The molecule has 0 aromatic heterocycles. The SMILES string of the molecule is CC(=O)O.C[C@]12CC[C@H]3[C@@H](CC[C@H]4CCCC[C@@]43CO)[C@@H]1CCC2=O. The number of aliphatic carboxylic acids is 1. The molecular weight excluding hydrogens is 316 g/mol. The van der Waals surface area contributed by atoms with Crippen LogP contribution in [0, 0.1) is 34.5 Å². The van der Waals surface area contributed by atoms with Crippen molar-refractivity contribution in [1.82, 2.24) is 0 Å². The van der Waals surface area contributed by atoms with E-state index in [2.05, 4.69) is 6.92 Å². The fourth-order valence-electron chi connectivity index (χ4n) is 7.15. The molecule has 0 radical (unpaired) electrons. The van der Waals surface area contributed by atoms with Gasteiger partial charge >= 0.3 is 0 Å². The zero-order chi connectivity index (χ0) is 18.2. The minimum Gasteiger partial charge on any atom is -0.481 e. The van der Waals surface area contributed by atoms with Crippen molar-refractivity contribution >= 4 is 11.8 Å². The molecule has 142 valence electrons. The fourth-order valence-corrected chi connectivity index (χ4v) is 7.15. The lowest BCUT2D eigenvalue weighted by atomic mass is 9.45. The number of carboxylic acids is 1. The highest BCUT2D eigenvalue weighted by molar-refractivity contribution is 5.87. The van der Waals surface area contributed by atoms with Gasteiger partial charge in [0.1, 0.15) is 5.78 Å². The molecule has 0 heterocycles. The quantitative estimate of drug-likeness (QED) is 0.748. The second-order valence-corrected chi connectivity index (χ2v) is 9.23. The Morgan fingerprint density at radius 2 is 1.80 bits per heavy atom. The van der Waals surface area contributed by atoms with Crippen LogP contribution in [0.3, 0.4) is 0 Å². The molecule has 4 saturated carbocycles. The molecule has 0 aliphatic heterocycles. The van der Waals surface area contributed by atoms with Crippen LogP contribution in [0.25, 0.3) is 0 Å². The van der Waals surface area contributed by atoms with Gasteiger partial charge in [-0.2, -0.15) is 0 Å². The number of Topliss-reactive ketones (excluding diaryl/α,β-unsaturated/α-hetero) is 1. The highest BCUT2D eigenvalue weighted by Crippen LogP contribution is 2.65. The normalized spacial score (nSPS) is 45.5. The summed E-state index contributed by atoms with van der Waals surface area (Å²) in [7, 11) is 0. The van der Waals surface area contributed by atoms with Crippen LogP contribution in [0.5, 0.6) is 0 Å². The highest BCUT2D eigenvalue weighted by Gasteiger charge is 2.60. The molecule has 4 aliphatic carbocycles. The van der Waals surface area contributed by atoms with E-state index in [1.165, 1.54) is 44.9 Å². The Labute approximate surface area is 151 Å². The molecule has 0 spiro atoms. The molecule has 0 amide bonds. The molecule has 4 heteroatoms. The summed E-state index contributed by atoms with van der Waals surface area (Å²) >= 11 is 0. The van der Waals surface area contributed by atoms with E-state index in [1.807, 2.05) is 0 Å². The Morgan fingerprint density at radius 3 is 2.48 bits per heavy atom. The van der Waals surface area contributed by atoms with Gasteiger partial charge in [-0.3, -0.25) is 9.59 Å². The topological polar surface area (TPSA) is 74.6 Å². The number of hydrogen-bond acceptors (Lipinski definition) is 3. The van der Waals surface area contributed by atoms with Crippen molar-refractivity contribution < 1.29 is 19.8 Å². The fraction of sp³-hybridized carbons (Fsp3) is 0.905. The molecule has 0 unspecified atom stereocenters. The number of aliphatic hydroxyl groups excluding tert-OH is 1. The van der Waals surface area contributed by atoms with Gasteiger partial charge in [-0.1, -0.05) is 19.8 Å². The lowest BCUT2D eigenvalue weighted by Crippen LogP contribution is -2.55. The van der Waals surface area contributed by atoms with Gasteiger partial charge in [0.2, 0.25) is 0 Å². The molecule has 0 saturated heterocycles. The summed E-state index contributed by atoms with van der Waals surface area (Å²) < 4.78 is 0. The summed E-state index contributed by atoms with van der Waals surface area (Å²) in [5.74, 6) is 2.51. The van der Waals surface area contributed by atoms with Crippen LogP contribution in [0.2, 0.25) is 0 Å². The highest BCUT2D eigenvalue weighted by atomic mass is 16.4. The second kappa shape index (κ2) is 7.02. The first kappa shape index (κ1) is 18.9. The van der Waals surface area contributed by atoms with E-state index in [0.29, 0.717) is 24.2 Å². The maximum atomic E-state index is 12.4. The summed E-state index contributed by atoms with van der Waals surface area (Å²) in [5.41, 5.74) is 0.202. The van der Waals surface area contributed by atoms with Crippen LogP contribution in [-0.4, -0.2) is 28.6 Å². The predicted octanol–water partition coefficient (Wildman–Crippen LogP) is 4.05. The van der Waals surface area contributed by atoms with Crippen LogP contribution >= 0.6 is 0 Å². The lowest BCUT2D eigenvalue weighted by molar-refractivity contribution is -0.148. The van der Waals surface area contributed by atoms with Crippen molar-refractivity contribution in [1.29, 1.82) is 0 Å². The lowest BCUT2D eigenvalue weighted by Gasteiger charge is -2.60. The standard InChI is InChI=1S/C19H30O2.C2H4O2/c1-18-11-9-16-14(15(18)7-8-17(18)21)6-5-13-4-2-3-10-19(13,16)12-20;1-2(3)4/h13-16,20H,2-12H2,1H3;1H3,(H,3,4)/t13-,14+,15+,16+,18+,19-;/m1./s1. The average molecular weight is 350 g/mol. The zero-order valence-corrected chi connectivity index (χ0v) is 15.8. The molecule has 0 aromatic rings. The van der Waals surface area contributed by atoms with E-state index in [-0.39, 0.29) is 10.8 Å². The molecule has 0 bridgehead atoms. The zero-order valence-electron chi connectivity index (χ0n) is 15.8. The van der Waals surface area contributed by atoms with Gasteiger partial charge in [-0.15, -0.1) is 0 Å². The van der Waals surface area contributed by atoms with E-state index in [4.69, 9.17) is 9.90 Å². The third-order valence-corrected chi connectivity index (χ3v) is 8.29. The van der Waals surface area contributed by atoms with Gasteiger partial charge in [0.25, 0.3) is 5.97 Å². The number of carboxylic acid groups (broad SMARTS) is 1. The number of fused-ring (bicyclic) bond motifs is 5. The first-order valence-electron chi connectivity index (χ1n) is 10.2. The molecule has 4 nitrogen and oxygen atoms in total. The van der Waals surface area contributed by atoms with Crippen LogP contribution in [0.1, 0.15) is 78.1 Å². The van der Waals surface area contributed by atoms with Gasteiger partial charge < -0.3 is 10.2 Å². The van der Waals surface area contributed by atoms with Crippen molar-refractivity contribution in [2.45, 2.75) is 78.1 Å². The van der Waals surface area contributed by atoms with Crippen molar-refractivity contribution in [2.75, 3.05) is 6.61 Å². The number of rotatable bonds is 1. The monoisotopic (exact) mass is 350 g/mol. The second-order valence-electron chi connectivity index (χ2n) is 9.23. The Kier molecular flexibility index (Phi) is 5.30. The number of carbonyl (C=O) groups is 2. The third-order valence-electron chi connectivity index (χ3n) is 8.29. The van der Waals surface area contributed by atoms with Crippen molar-refractivity contribution in [3.05, 3.63) is 0 Å². The third kappa shape index (κ3) is 3.05. The van der Waals surface area contributed by atoms with Crippen molar-refractivity contribution in [3.8, 4) is 0 Å². The number of hydrogen-bond donors (Lipinski definition) is 2. The molecule has 0 aromatic carbocycles. The Hall–Kier alpha value is -0.900. The summed E-state index contributed by atoms with van der Waals surface area (Å²) in [6.07, 6.45) is 12.1. The van der Waals surface area contributed by atoms with Gasteiger partial charge in [0.15, 0.2) is 0 Å². The summed E-state index contributed by atoms with van der Waals surface area (Å²) in [4.78, 5) is 21.4. The van der Waals surface area contributed by atoms with Crippen LogP contribution in [0.15, 0.2) is 0 Å². The van der Waals surface area contributed by atoms with Crippen molar-refractivity contribution in [2.24, 2.45) is 34.5 Å². The van der Waals surface area contributed by atoms with E-state index in [9.17, 15) is 9.90 Å². The Balaban J connectivity index is 0.000000415. The predicted molar refractivity (Wildman–Crippen MR) is 96.1 cm³/mol. The van der Waals surface area contributed by atoms with Gasteiger partial charge in [-0.05, 0) is 74.0 Å². The van der Waals surface area contributed by atoms with Gasteiger partial charge in [0, 0.05) is 25.4 Å². The Bertz CT molecular complexity index is 526. The first-order chi connectivity index (χ1) is 11.8. The number of ketones is 1. The van der Waals surface area contributed by atoms with E-state index in [1.54, 1.807) is 0 Å². The molecule has 25 heavy (non-hydrogen) atoms. The molecule has 4 aliphatic rings. The summed E-state index contributed by atoms with van der Waals surface area (Å²) in [5, 5.41) is 17.7. The molecule has 4 rings (SSSR count). The van der Waals surface area contributed by atoms with Gasteiger partial charge in [0.05, 0.1) is 0 Å². The van der Waals surface area contributed by atoms with E-state index < -0.39 is 5.97 Å². The van der Waals surface area contributed by atoms with E-state index in [0.717, 1.165) is 38.0 Å². The maximum absolute atomic E-state index is 12.4. The van der Waals surface area contributed by atoms with E-state index >= 15 is 0 Å². The average Bonchev–Trinajstić information content (AvgIpc) is 2.89. The molecule has 4 fully saturated rings. The minimum atomic E-state index is -0.833. The van der Waals surface area contributed by atoms with Crippen LogP contribution in [0.4, 0.5) is 0 Å². The van der Waals surface area contributed by atoms with Crippen LogP contribution in [-0.2, 0) is 9.59 Å². The Morgan fingerprint density at radius 1 is 1.08 bits per heavy atom. The number of aliphatic hydroxyl groups is 1. The summed E-state index contributed by atoms with van der Waals surface area (Å²) in [6, 6.07) is 0. The maximum Gasteiger partial charge on any atom is 0.300 e. The molecule has 6 atom stereocenters. The molecular formula is C21H34O4. The number of carbonyl (C=O) groups excluding carboxylic acids is 1. The van der Waals surface area contributed by atoms with Crippen LogP contribution < -0.4 is 0 Å².